The molecule has 2 atom stereocenters. The van der Waals surface area contributed by atoms with Gasteiger partial charge in [0.05, 0.1) is 42.9 Å². The topological polar surface area (TPSA) is 83.4 Å². The molecule has 3 aromatic rings. The fourth-order valence-corrected chi connectivity index (χ4v) is 5.20. The molecule has 2 fully saturated rings. The van der Waals surface area contributed by atoms with E-state index in [1.54, 1.807) is 26.7 Å². The number of benzene rings is 1. The minimum absolute atomic E-state index is 0.123. The molecule has 3 aliphatic rings. The van der Waals surface area contributed by atoms with E-state index in [1.807, 2.05) is 0 Å². The summed E-state index contributed by atoms with van der Waals surface area (Å²) in [6.07, 6.45) is 4.81. The number of halogens is 4. The van der Waals surface area contributed by atoms with Gasteiger partial charge in [0.15, 0.2) is 17.5 Å². The SMILES string of the molecule is O=C1CC(c2ccc(F)cn2)CN1c1cnn2c1CN(C(=O)Nc1cc(F)c(F)c(F)c1)C(C1CC1)C2. The summed E-state index contributed by atoms with van der Waals surface area (Å²) in [5, 5.41) is 6.95. The standard InChI is InChI=1S/C25H22F4N6O2/c26-15-3-4-19(30-8-15)14-5-23(36)33(10-14)20-9-31-35-12-21(13-1-2-13)34(11-22(20)35)25(37)32-16-6-17(27)24(29)18(28)7-16/h3-4,6-9,13-14,21H,1-2,5,10-12H2,(H,32,37). The molecule has 1 aliphatic carbocycles. The van der Waals surface area contributed by atoms with E-state index < -0.39 is 29.3 Å². The van der Waals surface area contributed by atoms with Crippen LogP contribution in [0.15, 0.2) is 36.7 Å². The predicted molar refractivity (Wildman–Crippen MR) is 124 cm³/mol. The van der Waals surface area contributed by atoms with Crippen molar-refractivity contribution in [2.24, 2.45) is 5.92 Å². The Morgan fingerprint density at radius 1 is 1.03 bits per heavy atom. The molecule has 192 valence electrons. The minimum atomic E-state index is -1.61. The van der Waals surface area contributed by atoms with E-state index in [9.17, 15) is 27.2 Å². The molecule has 1 saturated carbocycles. The summed E-state index contributed by atoms with van der Waals surface area (Å²) in [5.41, 5.74) is 1.65. The lowest BCUT2D eigenvalue weighted by Crippen LogP contribution is -2.49. The summed E-state index contributed by atoms with van der Waals surface area (Å²) in [6, 6.07) is 3.56. The van der Waals surface area contributed by atoms with Gasteiger partial charge in [-0.3, -0.25) is 14.5 Å². The lowest BCUT2D eigenvalue weighted by atomic mass is 10.0. The first kappa shape index (κ1) is 23.4. The fourth-order valence-electron chi connectivity index (χ4n) is 5.20. The Morgan fingerprint density at radius 3 is 2.46 bits per heavy atom. The highest BCUT2D eigenvalue weighted by Gasteiger charge is 2.43. The summed E-state index contributed by atoms with van der Waals surface area (Å²) in [7, 11) is 0. The predicted octanol–water partition coefficient (Wildman–Crippen LogP) is 4.18. The third-order valence-corrected chi connectivity index (χ3v) is 7.25. The van der Waals surface area contributed by atoms with Crippen LogP contribution < -0.4 is 10.2 Å². The number of carbonyl (C=O) groups excluding carboxylic acids is 2. The van der Waals surface area contributed by atoms with Crippen LogP contribution in [0.25, 0.3) is 0 Å². The Balaban J connectivity index is 1.25. The van der Waals surface area contributed by atoms with Crippen molar-refractivity contribution in [3.63, 3.8) is 0 Å². The van der Waals surface area contributed by atoms with Crippen LogP contribution in [0.4, 0.5) is 33.7 Å². The lowest BCUT2D eigenvalue weighted by molar-refractivity contribution is -0.117. The zero-order chi connectivity index (χ0) is 25.8. The molecule has 0 radical (unpaired) electrons. The van der Waals surface area contributed by atoms with Crippen molar-refractivity contribution in [2.75, 3.05) is 16.8 Å². The zero-order valence-corrected chi connectivity index (χ0v) is 19.5. The Hall–Kier alpha value is -3.96. The number of nitrogens with zero attached hydrogens (tertiary/aromatic N) is 5. The highest BCUT2D eigenvalue weighted by molar-refractivity contribution is 5.97. The molecule has 3 amide bonds. The number of carbonyl (C=O) groups is 2. The summed E-state index contributed by atoms with van der Waals surface area (Å²) >= 11 is 0. The van der Waals surface area contributed by atoms with Crippen molar-refractivity contribution >= 4 is 23.3 Å². The van der Waals surface area contributed by atoms with Crippen molar-refractivity contribution in [3.8, 4) is 0 Å². The van der Waals surface area contributed by atoms with Crippen LogP contribution in [0.3, 0.4) is 0 Å². The largest absolute Gasteiger partial charge is 0.322 e. The average Bonchev–Trinajstić information content (AvgIpc) is 3.53. The van der Waals surface area contributed by atoms with Crippen LogP contribution in [0.5, 0.6) is 0 Å². The first-order valence-corrected chi connectivity index (χ1v) is 12.0. The molecule has 6 rings (SSSR count). The number of aromatic nitrogens is 3. The van der Waals surface area contributed by atoms with Gasteiger partial charge in [-0.1, -0.05) is 0 Å². The number of anilines is 2. The fraction of sp³-hybridized carbons (Fsp3) is 0.360. The smallest absolute Gasteiger partial charge is 0.313 e. The van der Waals surface area contributed by atoms with Crippen molar-refractivity contribution in [1.82, 2.24) is 19.7 Å². The second-order valence-corrected chi connectivity index (χ2v) is 9.68. The van der Waals surface area contributed by atoms with Crippen LogP contribution in [0.1, 0.15) is 36.6 Å². The number of pyridine rings is 1. The normalized spacial score (nSPS) is 21.4. The number of hydrogen-bond acceptors (Lipinski definition) is 4. The Kier molecular flexibility index (Phi) is 5.61. The molecule has 1 saturated heterocycles. The van der Waals surface area contributed by atoms with Crippen molar-refractivity contribution in [1.29, 1.82) is 0 Å². The third-order valence-electron chi connectivity index (χ3n) is 7.25. The first-order chi connectivity index (χ1) is 17.8. The maximum Gasteiger partial charge on any atom is 0.322 e. The number of nitrogens with one attached hydrogen (secondary N) is 1. The van der Waals surface area contributed by atoms with Crippen LogP contribution in [-0.2, 0) is 17.9 Å². The highest BCUT2D eigenvalue weighted by Crippen LogP contribution is 2.41. The molecule has 2 aliphatic heterocycles. The van der Waals surface area contributed by atoms with Gasteiger partial charge in [0, 0.05) is 42.4 Å². The number of fused-ring (bicyclic) bond motifs is 1. The van der Waals surface area contributed by atoms with Gasteiger partial charge < -0.3 is 15.1 Å². The highest BCUT2D eigenvalue weighted by atomic mass is 19.2. The van der Waals surface area contributed by atoms with Gasteiger partial charge in [-0.15, -0.1) is 0 Å². The van der Waals surface area contributed by atoms with E-state index in [0.29, 0.717) is 30.2 Å². The molecule has 4 heterocycles. The lowest BCUT2D eigenvalue weighted by Gasteiger charge is -2.37. The maximum atomic E-state index is 13.7. The number of hydrogen-bond donors (Lipinski definition) is 1. The van der Waals surface area contributed by atoms with Crippen molar-refractivity contribution in [2.45, 2.75) is 44.3 Å². The number of urea groups is 1. The van der Waals surface area contributed by atoms with E-state index in [4.69, 9.17) is 0 Å². The van der Waals surface area contributed by atoms with E-state index in [2.05, 4.69) is 15.4 Å². The average molecular weight is 514 g/mol. The zero-order valence-electron chi connectivity index (χ0n) is 19.5. The Morgan fingerprint density at radius 2 is 1.78 bits per heavy atom. The van der Waals surface area contributed by atoms with Gasteiger partial charge in [-0.2, -0.15) is 5.10 Å². The molecular weight excluding hydrogens is 492 g/mol. The molecule has 1 N–H and O–H groups in total. The number of amides is 3. The van der Waals surface area contributed by atoms with Gasteiger partial charge in [-0.25, -0.2) is 22.4 Å². The molecule has 12 heteroatoms. The molecule has 2 unspecified atom stereocenters. The van der Waals surface area contributed by atoms with Crippen molar-refractivity contribution in [3.05, 3.63) is 71.3 Å². The summed E-state index contributed by atoms with van der Waals surface area (Å²) < 4.78 is 55.8. The molecule has 37 heavy (non-hydrogen) atoms. The van der Waals surface area contributed by atoms with E-state index >= 15 is 0 Å². The summed E-state index contributed by atoms with van der Waals surface area (Å²) in [6.45, 7) is 0.866. The van der Waals surface area contributed by atoms with Crippen LogP contribution in [-0.4, -0.2) is 44.2 Å². The Labute approximate surface area is 208 Å². The molecule has 8 nitrogen and oxygen atoms in total. The molecule has 0 bridgehead atoms. The first-order valence-electron chi connectivity index (χ1n) is 12.0. The Bertz CT molecular complexity index is 1370. The van der Waals surface area contributed by atoms with E-state index in [0.717, 1.165) is 31.2 Å². The van der Waals surface area contributed by atoms with Gasteiger partial charge in [0.1, 0.15) is 5.82 Å². The van der Waals surface area contributed by atoms with Gasteiger partial charge in [-0.05, 0) is 30.9 Å². The molecule has 0 spiro atoms. The van der Waals surface area contributed by atoms with E-state index in [-0.39, 0.29) is 42.4 Å². The van der Waals surface area contributed by atoms with Crippen LogP contribution in [0, 0.1) is 29.2 Å². The van der Waals surface area contributed by atoms with E-state index in [1.165, 1.54) is 6.07 Å². The molecule has 1 aromatic carbocycles. The second-order valence-electron chi connectivity index (χ2n) is 9.68. The second kappa shape index (κ2) is 8.86. The van der Waals surface area contributed by atoms with Gasteiger partial charge >= 0.3 is 6.03 Å². The number of rotatable bonds is 4. The van der Waals surface area contributed by atoms with Crippen molar-refractivity contribution < 1.29 is 27.2 Å². The van der Waals surface area contributed by atoms with Gasteiger partial charge in [0.25, 0.3) is 0 Å². The van der Waals surface area contributed by atoms with Crippen LogP contribution in [0.2, 0.25) is 0 Å². The maximum absolute atomic E-state index is 13.7. The molecule has 2 aromatic heterocycles. The minimum Gasteiger partial charge on any atom is -0.313 e. The molecular formula is C25H22F4N6O2. The quantitative estimate of drug-likeness (QED) is 0.418. The summed E-state index contributed by atoms with van der Waals surface area (Å²) in [4.78, 5) is 33.5. The van der Waals surface area contributed by atoms with Gasteiger partial charge in [0.2, 0.25) is 5.91 Å². The third kappa shape index (κ3) is 4.30. The summed E-state index contributed by atoms with van der Waals surface area (Å²) in [5.74, 6) is -4.94. The monoisotopic (exact) mass is 514 g/mol. The van der Waals surface area contributed by atoms with Crippen LogP contribution >= 0.6 is 0 Å².